The van der Waals surface area contributed by atoms with Gasteiger partial charge in [0, 0.05) is 6.04 Å². The topological polar surface area (TPSA) is 67.1 Å². The van der Waals surface area contributed by atoms with Crippen LogP contribution in [-0.4, -0.2) is 57.1 Å². The van der Waals surface area contributed by atoms with Gasteiger partial charge in [0.1, 0.15) is 32.2 Å². The number of rotatable bonds is 5. The molecule has 2 atom stereocenters. The first-order valence-corrected chi connectivity index (χ1v) is 11.2. The fraction of sp³-hybridized carbons (Fsp3) is 0.700. The van der Waals surface area contributed by atoms with Gasteiger partial charge in [-0.25, -0.2) is 0 Å². The normalized spacial score (nSPS) is 26.1. The summed E-state index contributed by atoms with van der Waals surface area (Å²) in [7, 11) is 2.23. The lowest BCUT2D eigenvalue weighted by molar-refractivity contribution is -1.02. The Kier molecular flexibility index (Phi) is 7.26. The summed E-state index contributed by atoms with van der Waals surface area (Å²) in [4.78, 5) is 29.2. The van der Waals surface area contributed by atoms with Crippen LogP contribution >= 0.6 is 11.3 Å². The van der Waals surface area contributed by atoms with E-state index < -0.39 is 11.8 Å². The van der Waals surface area contributed by atoms with E-state index in [1.54, 1.807) is 16.2 Å². The number of amides is 2. The Balaban J connectivity index is 1.60. The number of piperazine rings is 1. The molecule has 1 saturated carbocycles. The van der Waals surface area contributed by atoms with Gasteiger partial charge >= 0.3 is 11.8 Å². The van der Waals surface area contributed by atoms with Crippen molar-refractivity contribution in [3.8, 4) is 0 Å². The fourth-order valence-electron chi connectivity index (χ4n) is 4.43. The highest BCUT2D eigenvalue weighted by molar-refractivity contribution is 7.10. The second kappa shape index (κ2) is 9.66. The van der Waals surface area contributed by atoms with E-state index in [0.29, 0.717) is 0 Å². The third-order valence-corrected chi connectivity index (χ3v) is 7.00. The quantitative estimate of drug-likeness (QED) is 0.492. The van der Waals surface area contributed by atoms with Crippen LogP contribution in [0.5, 0.6) is 0 Å². The first-order valence-electron chi connectivity index (χ1n) is 10.3. The van der Waals surface area contributed by atoms with Gasteiger partial charge in [-0.1, -0.05) is 25.3 Å². The van der Waals surface area contributed by atoms with Crippen molar-refractivity contribution in [2.75, 3.05) is 33.2 Å². The van der Waals surface area contributed by atoms with E-state index in [9.17, 15) is 9.59 Å². The number of hydrogen-bond donors (Lipinski definition) is 4. The maximum atomic E-state index is 12.5. The van der Waals surface area contributed by atoms with Crippen molar-refractivity contribution in [2.45, 2.75) is 57.2 Å². The van der Waals surface area contributed by atoms with Gasteiger partial charge in [-0.3, -0.25) is 9.59 Å². The molecule has 2 fully saturated rings. The molecule has 4 N–H and O–H groups in total. The highest BCUT2D eigenvalue weighted by Crippen LogP contribution is 2.20. The van der Waals surface area contributed by atoms with Gasteiger partial charge < -0.3 is 20.4 Å². The van der Waals surface area contributed by atoms with E-state index in [4.69, 9.17) is 0 Å². The molecule has 2 amide bonds. The Morgan fingerprint density at radius 2 is 1.81 bits per heavy atom. The number of quaternary nitrogens is 2. The molecule has 1 aliphatic carbocycles. The summed E-state index contributed by atoms with van der Waals surface area (Å²) in [6.07, 6.45) is 5.48. The van der Waals surface area contributed by atoms with Crippen LogP contribution in [0.15, 0.2) is 17.5 Å². The van der Waals surface area contributed by atoms with Crippen LogP contribution < -0.4 is 20.4 Å². The molecule has 3 rings (SSSR count). The molecule has 1 aromatic heterocycles. The van der Waals surface area contributed by atoms with Crippen LogP contribution in [0.1, 0.15) is 49.9 Å². The number of carbonyl (C=O) groups excluding carboxylic acids is 2. The minimum absolute atomic E-state index is 0.0818. The maximum Gasteiger partial charge on any atom is 0.309 e. The van der Waals surface area contributed by atoms with E-state index in [1.807, 2.05) is 6.92 Å². The lowest BCUT2D eigenvalue weighted by Gasteiger charge is -2.35. The number of nitrogens with one attached hydrogen (secondary N) is 4. The number of thiophene rings is 1. The molecule has 1 aromatic rings. The summed E-state index contributed by atoms with van der Waals surface area (Å²) in [5.41, 5.74) is 0. The molecular weight excluding hydrogens is 360 g/mol. The van der Waals surface area contributed by atoms with Crippen LogP contribution in [-0.2, 0) is 9.59 Å². The molecule has 0 aromatic carbocycles. The highest BCUT2D eigenvalue weighted by atomic mass is 32.1. The van der Waals surface area contributed by atoms with E-state index >= 15 is 0 Å². The molecule has 6 nitrogen and oxygen atoms in total. The van der Waals surface area contributed by atoms with E-state index in [2.05, 4.69) is 35.2 Å². The number of carbonyl (C=O) groups is 2. The molecule has 2 heterocycles. The molecule has 0 spiro atoms. The Morgan fingerprint density at radius 1 is 1.11 bits per heavy atom. The van der Waals surface area contributed by atoms with Gasteiger partial charge in [-0.15, -0.1) is 11.3 Å². The van der Waals surface area contributed by atoms with E-state index in [0.717, 1.165) is 51.9 Å². The van der Waals surface area contributed by atoms with E-state index in [1.165, 1.54) is 16.2 Å². The predicted molar refractivity (Wildman–Crippen MR) is 107 cm³/mol. The second-order valence-corrected chi connectivity index (χ2v) is 9.16. The summed E-state index contributed by atoms with van der Waals surface area (Å²) < 4.78 is 0. The largest absolute Gasteiger partial charge is 0.345 e. The van der Waals surface area contributed by atoms with Crippen LogP contribution in [0.3, 0.4) is 0 Å². The Morgan fingerprint density at radius 3 is 2.44 bits per heavy atom. The third kappa shape index (κ3) is 5.53. The SMILES string of the molecule is C[C@@H](NC(=O)C(=O)NC1CCCCC1)[C@@H](c1cccs1)[NH+]1CC[NH+](C)CC1. The van der Waals surface area contributed by atoms with Gasteiger partial charge in [-0.2, -0.15) is 0 Å². The molecule has 1 aliphatic heterocycles. The lowest BCUT2D eigenvalue weighted by Crippen LogP contribution is -3.27. The Bertz CT molecular complexity index is 608. The molecular formula is C20H34N4O2S+2. The number of likely N-dealkylation sites (N-methyl/N-ethyl adjacent to an activating group) is 1. The average Bonchev–Trinajstić information content (AvgIpc) is 3.18. The van der Waals surface area contributed by atoms with Crippen LogP contribution in [0.25, 0.3) is 0 Å². The van der Waals surface area contributed by atoms with Crippen molar-refractivity contribution in [3.05, 3.63) is 22.4 Å². The molecule has 27 heavy (non-hydrogen) atoms. The van der Waals surface area contributed by atoms with Crippen molar-refractivity contribution in [3.63, 3.8) is 0 Å². The van der Waals surface area contributed by atoms with Gasteiger partial charge in [0.15, 0.2) is 0 Å². The van der Waals surface area contributed by atoms with Crippen LogP contribution in [0.2, 0.25) is 0 Å². The molecule has 7 heteroatoms. The Hall–Kier alpha value is -1.44. The first-order chi connectivity index (χ1) is 13.0. The summed E-state index contributed by atoms with van der Waals surface area (Å²) in [5, 5.41) is 8.01. The molecule has 0 bridgehead atoms. The fourth-order valence-corrected chi connectivity index (χ4v) is 5.42. The first kappa shape index (κ1) is 20.3. The standard InChI is InChI=1S/C20H32N4O2S/c1-15(21-19(25)20(26)22-16-7-4-3-5-8-16)18(17-9-6-14-27-17)24-12-10-23(2)11-13-24/h6,9,14-16,18H,3-5,7-8,10-13H2,1-2H3,(H,21,25)(H,22,26)/p+2/t15-,18+/m1/s1. The average molecular weight is 395 g/mol. The number of hydrogen-bond acceptors (Lipinski definition) is 3. The predicted octanol–water partition coefficient (Wildman–Crippen LogP) is -0.844. The molecule has 0 radical (unpaired) electrons. The third-order valence-electron chi connectivity index (χ3n) is 6.04. The summed E-state index contributed by atoms with van der Waals surface area (Å²) in [6, 6.07) is 4.49. The van der Waals surface area contributed by atoms with Crippen molar-refractivity contribution in [1.29, 1.82) is 0 Å². The zero-order valence-corrected chi connectivity index (χ0v) is 17.4. The molecule has 150 valence electrons. The smallest absolute Gasteiger partial charge is 0.309 e. The van der Waals surface area contributed by atoms with Crippen molar-refractivity contribution >= 4 is 23.2 Å². The van der Waals surface area contributed by atoms with Crippen LogP contribution in [0.4, 0.5) is 0 Å². The monoisotopic (exact) mass is 394 g/mol. The Labute approximate surface area is 166 Å². The van der Waals surface area contributed by atoms with Gasteiger partial charge in [0.25, 0.3) is 0 Å². The summed E-state index contributed by atoms with van der Waals surface area (Å²) in [5.74, 6) is -0.967. The minimum atomic E-state index is -0.492. The minimum Gasteiger partial charge on any atom is -0.345 e. The van der Waals surface area contributed by atoms with Crippen molar-refractivity contribution < 1.29 is 19.4 Å². The second-order valence-electron chi connectivity index (χ2n) is 8.18. The van der Waals surface area contributed by atoms with Crippen molar-refractivity contribution in [2.24, 2.45) is 0 Å². The maximum absolute atomic E-state index is 12.5. The van der Waals surface area contributed by atoms with Gasteiger partial charge in [-0.05, 0) is 31.2 Å². The highest BCUT2D eigenvalue weighted by Gasteiger charge is 2.35. The van der Waals surface area contributed by atoms with Gasteiger partial charge in [0.2, 0.25) is 0 Å². The van der Waals surface area contributed by atoms with Gasteiger partial charge in [0.05, 0.1) is 18.0 Å². The molecule has 0 unspecified atom stereocenters. The molecule has 2 aliphatic rings. The van der Waals surface area contributed by atoms with Crippen molar-refractivity contribution in [1.82, 2.24) is 10.6 Å². The van der Waals surface area contributed by atoms with E-state index in [-0.39, 0.29) is 18.1 Å². The zero-order chi connectivity index (χ0) is 19.2. The summed E-state index contributed by atoms with van der Waals surface area (Å²) in [6.45, 7) is 6.49. The van der Waals surface area contributed by atoms with Crippen LogP contribution in [0, 0.1) is 0 Å². The lowest BCUT2D eigenvalue weighted by atomic mass is 9.95. The molecule has 1 saturated heterocycles. The summed E-state index contributed by atoms with van der Waals surface area (Å²) >= 11 is 1.74. The zero-order valence-electron chi connectivity index (χ0n) is 16.6.